The summed E-state index contributed by atoms with van der Waals surface area (Å²) in [5.74, 6) is -1.92. The van der Waals surface area contributed by atoms with Crippen LogP contribution in [0, 0.1) is 11.7 Å². The first-order valence-electron chi connectivity index (χ1n) is 8.94. The zero-order valence-electron chi connectivity index (χ0n) is 15.1. The van der Waals surface area contributed by atoms with Crippen molar-refractivity contribution in [3.05, 3.63) is 70.5 Å². The molecule has 0 aromatic heterocycles. The molecule has 7 heteroatoms. The van der Waals surface area contributed by atoms with Gasteiger partial charge in [0.1, 0.15) is 5.82 Å². The number of nitrogens with zero attached hydrogens (tertiary/aromatic N) is 1. The van der Waals surface area contributed by atoms with E-state index in [-0.39, 0.29) is 17.4 Å². The Morgan fingerprint density at radius 3 is 2.36 bits per heavy atom. The summed E-state index contributed by atoms with van der Waals surface area (Å²) in [6.45, 7) is 0.435. The molecule has 2 aromatic carbocycles. The van der Waals surface area contributed by atoms with E-state index >= 15 is 0 Å². The summed E-state index contributed by atoms with van der Waals surface area (Å²) in [5.41, 5.74) is 0.710. The minimum absolute atomic E-state index is 0.107. The first-order valence-corrected chi connectivity index (χ1v) is 9.32. The van der Waals surface area contributed by atoms with Crippen molar-refractivity contribution in [1.29, 1.82) is 0 Å². The molecule has 0 atom stereocenters. The number of hydrogen-bond acceptors (Lipinski definition) is 4. The molecule has 0 saturated carbocycles. The highest BCUT2D eigenvalue weighted by molar-refractivity contribution is 6.30. The zero-order valence-corrected chi connectivity index (χ0v) is 15.8. The summed E-state index contributed by atoms with van der Waals surface area (Å²) in [7, 11) is 0. The fourth-order valence-electron chi connectivity index (χ4n) is 3.09. The lowest BCUT2D eigenvalue weighted by Gasteiger charge is -2.31. The highest BCUT2D eigenvalue weighted by Gasteiger charge is 2.29. The van der Waals surface area contributed by atoms with Gasteiger partial charge in [0.15, 0.2) is 12.4 Å². The molecule has 0 bridgehead atoms. The Labute approximate surface area is 167 Å². The topological polar surface area (TPSA) is 63.7 Å². The van der Waals surface area contributed by atoms with Crippen molar-refractivity contribution in [3.8, 4) is 0 Å². The summed E-state index contributed by atoms with van der Waals surface area (Å²) in [5, 5.41) is 0.561. The lowest BCUT2D eigenvalue weighted by atomic mass is 9.96. The number of hydrogen-bond donors (Lipinski definition) is 0. The number of benzene rings is 2. The van der Waals surface area contributed by atoms with Crippen LogP contribution in [0.25, 0.3) is 0 Å². The molecule has 0 spiro atoms. The Kier molecular flexibility index (Phi) is 6.41. The third-order valence-corrected chi connectivity index (χ3v) is 4.95. The molecule has 5 nitrogen and oxygen atoms in total. The van der Waals surface area contributed by atoms with Gasteiger partial charge in [-0.05, 0) is 49.2 Å². The summed E-state index contributed by atoms with van der Waals surface area (Å²) < 4.78 is 18.3. The van der Waals surface area contributed by atoms with Crippen molar-refractivity contribution in [2.24, 2.45) is 5.92 Å². The van der Waals surface area contributed by atoms with Crippen LogP contribution in [-0.2, 0) is 9.53 Å². The third-order valence-electron chi connectivity index (χ3n) is 4.70. The van der Waals surface area contributed by atoms with Crippen LogP contribution < -0.4 is 0 Å². The summed E-state index contributed by atoms with van der Waals surface area (Å²) >= 11 is 5.84. The smallest absolute Gasteiger partial charge is 0.309 e. The molecule has 3 rings (SSSR count). The Bertz CT molecular complexity index is 876. The van der Waals surface area contributed by atoms with E-state index in [9.17, 15) is 18.8 Å². The standard InChI is InChI=1S/C21H19ClFNO4/c22-17-6-4-14(5-7-17)20(26)24-10-8-15(9-11-24)21(27)28-13-19(25)16-2-1-3-18(23)12-16/h1-7,12,15H,8-11,13H2. The van der Waals surface area contributed by atoms with Gasteiger partial charge in [0, 0.05) is 29.2 Å². The van der Waals surface area contributed by atoms with Gasteiger partial charge in [-0.2, -0.15) is 0 Å². The number of Topliss-reactive ketones (excluding diaryl/α,β-unsaturated/α-hetero) is 1. The Morgan fingerprint density at radius 1 is 1.04 bits per heavy atom. The summed E-state index contributed by atoms with van der Waals surface area (Å²) in [6.07, 6.45) is 0.929. The predicted molar refractivity (Wildman–Crippen MR) is 102 cm³/mol. The number of rotatable bonds is 5. The van der Waals surface area contributed by atoms with E-state index in [0.29, 0.717) is 36.5 Å². The maximum atomic E-state index is 13.2. The van der Waals surface area contributed by atoms with E-state index < -0.39 is 24.2 Å². The van der Waals surface area contributed by atoms with Crippen LogP contribution in [0.1, 0.15) is 33.6 Å². The lowest BCUT2D eigenvalue weighted by molar-refractivity contribution is -0.148. The molecule has 0 radical (unpaired) electrons. The number of ether oxygens (including phenoxy) is 1. The number of carbonyl (C=O) groups excluding carboxylic acids is 3. The molecule has 0 aliphatic carbocycles. The second-order valence-electron chi connectivity index (χ2n) is 6.61. The van der Waals surface area contributed by atoms with Gasteiger partial charge in [-0.15, -0.1) is 0 Å². The Hall–Kier alpha value is -2.73. The van der Waals surface area contributed by atoms with Crippen molar-refractivity contribution in [1.82, 2.24) is 4.90 Å². The average molecular weight is 404 g/mol. The minimum atomic E-state index is -0.519. The SMILES string of the molecule is O=C(COC(=O)C1CCN(C(=O)c2ccc(Cl)cc2)CC1)c1cccc(F)c1. The van der Waals surface area contributed by atoms with E-state index in [4.69, 9.17) is 16.3 Å². The summed E-state index contributed by atoms with van der Waals surface area (Å²) in [6, 6.07) is 11.9. The molecule has 146 valence electrons. The average Bonchev–Trinajstić information content (AvgIpc) is 2.72. The number of likely N-dealkylation sites (tertiary alicyclic amines) is 1. The van der Waals surface area contributed by atoms with E-state index in [2.05, 4.69) is 0 Å². The normalized spacial score (nSPS) is 14.6. The molecular weight excluding hydrogens is 385 g/mol. The van der Waals surface area contributed by atoms with E-state index in [1.54, 1.807) is 29.2 Å². The van der Waals surface area contributed by atoms with Crippen LogP contribution in [-0.4, -0.2) is 42.3 Å². The maximum Gasteiger partial charge on any atom is 0.309 e. The fraction of sp³-hybridized carbons (Fsp3) is 0.286. The number of ketones is 1. The van der Waals surface area contributed by atoms with Crippen molar-refractivity contribution < 1.29 is 23.5 Å². The van der Waals surface area contributed by atoms with Gasteiger partial charge in [0.25, 0.3) is 5.91 Å². The monoisotopic (exact) mass is 403 g/mol. The number of carbonyl (C=O) groups is 3. The van der Waals surface area contributed by atoms with E-state index in [0.717, 1.165) is 6.07 Å². The predicted octanol–water partition coefficient (Wildman–Crippen LogP) is 3.76. The van der Waals surface area contributed by atoms with Gasteiger partial charge in [-0.25, -0.2) is 4.39 Å². The van der Waals surface area contributed by atoms with Gasteiger partial charge in [0.05, 0.1) is 5.92 Å². The number of halogens is 2. The molecular formula is C21H19ClFNO4. The van der Waals surface area contributed by atoms with Crippen LogP contribution in [0.15, 0.2) is 48.5 Å². The molecule has 1 amide bonds. The molecule has 28 heavy (non-hydrogen) atoms. The van der Waals surface area contributed by atoms with Crippen molar-refractivity contribution in [2.75, 3.05) is 19.7 Å². The molecule has 1 aliphatic heterocycles. The zero-order chi connectivity index (χ0) is 20.1. The molecule has 1 heterocycles. The lowest BCUT2D eigenvalue weighted by Crippen LogP contribution is -2.40. The highest BCUT2D eigenvalue weighted by atomic mass is 35.5. The van der Waals surface area contributed by atoms with E-state index in [1.807, 2.05) is 0 Å². The van der Waals surface area contributed by atoms with Crippen LogP contribution in [0.3, 0.4) is 0 Å². The van der Waals surface area contributed by atoms with Gasteiger partial charge in [-0.3, -0.25) is 14.4 Å². The molecule has 2 aromatic rings. The van der Waals surface area contributed by atoms with Gasteiger partial charge in [0.2, 0.25) is 0 Å². The van der Waals surface area contributed by atoms with Gasteiger partial charge in [-0.1, -0.05) is 23.7 Å². The quantitative estimate of drug-likeness (QED) is 0.563. The van der Waals surface area contributed by atoms with Crippen LogP contribution in [0.4, 0.5) is 4.39 Å². The van der Waals surface area contributed by atoms with Crippen molar-refractivity contribution >= 4 is 29.3 Å². The van der Waals surface area contributed by atoms with Crippen LogP contribution in [0.5, 0.6) is 0 Å². The molecule has 0 unspecified atom stereocenters. The molecule has 1 aliphatic rings. The number of amides is 1. The molecule has 0 N–H and O–H groups in total. The molecule has 1 fully saturated rings. The van der Waals surface area contributed by atoms with Crippen molar-refractivity contribution in [2.45, 2.75) is 12.8 Å². The van der Waals surface area contributed by atoms with E-state index in [1.165, 1.54) is 18.2 Å². The first-order chi connectivity index (χ1) is 13.4. The van der Waals surface area contributed by atoms with Crippen molar-refractivity contribution in [3.63, 3.8) is 0 Å². The Balaban J connectivity index is 1.47. The highest BCUT2D eigenvalue weighted by Crippen LogP contribution is 2.21. The van der Waals surface area contributed by atoms with Crippen LogP contribution in [0.2, 0.25) is 5.02 Å². The number of piperidine rings is 1. The van der Waals surface area contributed by atoms with Gasteiger partial charge < -0.3 is 9.64 Å². The second kappa shape index (κ2) is 8.97. The first kappa shape index (κ1) is 20.0. The van der Waals surface area contributed by atoms with Gasteiger partial charge >= 0.3 is 5.97 Å². The van der Waals surface area contributed by atoms with Crippen LogP contribution >= 0.6 is 11.6 Å². The second-order valence-corrected chi connectivity index (χ2v) is 7.05. The largest absolute Gasteiger partial charge is 0.457 e. The Morgan fingerprint density at radius 2 is 1.71 bits per heavy atom. The maximum absolute atomic E-state index is 13.2. The summed E-state index contributed by atoms with van der Waals surface area (Å²) in [4.78, 5) is 38.4. The fourth-order valence-corrected chi connectivity index (χ4v) is 3.22. The molecule has 1 saturated heterocycles. The third kappa shape index (κ3) is 4.95. The minimum Gasteiger partial charge on any atom is -0.457 e. The number of esters is 1.